The summed E-state index contributed by atoms with van der Waals surface area (Å²) in [5.41, 5.74) is 0. The first-order valence-electron chi connectivity index (χ1n) is 4.99. The topological polar surface area (TPSA) is 71.4 Å². The highest BCUT2D eigenvalue weighted by Gasteiger charge is 2.32. The molecule has 1 N–H and O–H groups in total. The summed E-state index contributed by atoms with van der Waals surface area (Å²) in [6.45, 7) is 2.75. The zero-order chi connectivity index (χ0) is 13.2. The van der Waals surface area contributed by atoms with Crippen molar-refractivity contribution in [2.75, 3.05) is 0 Å². The van der Waals surface area contributed by atoms with Crippen LogP contribution < -0.4 is 0 Å². The zero-order valence-electron chi connectivity index (χ0n) is 9.42. The lowest BCUT2D eigenvalue weighted by Gasteiger charge is -2.16. The Morgan fingerprint density at radius 3 is 2.41 bits per heavy atom. The van der Waals surface area contributed by atoms with Gasteiger partial charge in [-0.05, 0) is 25.1 Å². The number of benzene rings is 1. The van der Waals surface area contributed by atoms with Gasteiger partial charge in [0.1, 0.15) is 0 Å². The van der Waals surface area contributed by atoms with E-state index in [-0.39, 0.29) is 4.90 Å². The smallest absolute Gasteiger partial charge is 0.307 e. The van der Waals surface area contributed by atoms with E-state index in [9.17, 15) is 13.2 Å². The van der Waals surface area contributed by atoms with Gasteiger partial charge < -0.3 is 5.11 Å². The van der Waals surface area contributed by atoms with E-state index >= 15 is 0 Å². The van der Waals surface area contributed by atoms with E-state index in [1.54, 1.807) is 6.07 Å². The normalized spacial score (nSPS) is 15.2. The molecule has 0 aliphatic carbocycles. The number of carboxylic acid groups (broad SMARTS) is 1. The number of aliphatic carboxylic acids is 1. The molecular formula is C11H13ClO4S. The van der Waals surface area contributed by atoms with Crippen molar-refractivity contribution in [3.05, 3.63) is 29.3 Å². The number of halogens is 1. The van der Waals surface area contributed by atoms with Gasteiger partial charge in [-0.3, -0.25) is 4.79 Å². The van der Waals surface area contributed by atoms with Crippen LogP contribution in [-0.2, 0) is 14.6 Å². The molecule has 0 spiro atoms. The standard InChI is InChI=1S/C11H13ClO4S/c1-7(11(13)14)8(2)17(15,16)10-5-3-4-9(12)6-10/h3-8H,1-2H3,(H,13,14). The highest BCUT2D eigenvalue weighted by Crippen LogP contribution is 2.23. The third-order valence-electron chi connectivity index (χ3n) is 2.71. The molecule has 6 heteroatoms. The Morgan fingerprint density at radius 2 is 1.94 bits per heavy atom. The summed E-state index contributed by atoms with van der Waals surface area (Å²) in [5.74, 6) is -2.11. The SMILES string of the molecule is CC(C(=O)O)C(C)S(=O)(=O)c1cccc(Cl)c1. The van der Waals surface area contributed by atoms with Crippen LogP contribution >= 0.6 is 11.6 Å². The fourth-order valence-electron chi connectivity index (χ4n) is 1.33. The van der Waals surface area contributed by atoms with E-state index in [0.717, 1.165) is 0 Å². The predicted octanol–water partition coefficient (Wildman–Crippen LogP) is 2.22. The van der Waals surface area contributed by atoms with Crippen molar-refractivity contribution in [3.8, 4) is 0 Å². The second kappa shape index (κ2) is 5.06. The van der Waals surface area contributed by atoms with E-state index in [1.807, 2.05) is 0 Å². The molecule has 0 amide bonds. The first kappa shape index (κ1) is 14.0. The lowest BCUT2D eigenvalue weighted by Crippen LogP contribution is -2.30. The lowest BCUT2D eigenvalue weighted by molar-refractivity contribution is -0.141. The summed E-state index contributed by atoms with van der Waals surface area (Å²) >= 11 is 5.72. The molecule has 0 aliphatic rings. The Kier molecular flexibility index (Phi) is 4.16. The summed E-state index contributed by atoms with van der Waals surface area (Å²) < 4.78 is 24.2. The second-order valence-electron chi connectivity index (χ2n) is 3.83. The summed E-state index contributed by atoms with van der Waals surface area (Å²) in [5, 5.41) is 8.13. The van der Waals surface area contributed by atoms with Crippen LogP contribution in [-0.4, -0.2) is 24.7 Å². The fraction of sp³-hybridized carbons (Fsp3) is 0.364. The van der Waals surface area contributed by atoms with Crippen LogP contribution in [0.3, 0.4) is 0 Å². The maximum absolute atomic E-state index is 12.1. The monoisotopic (exact) mass is 276 g/mol. The molecule has 1 aromatic rings. The molecule has 4 nitrogen and oxygen atoms in total. The van der Waals surface area contributed by atoms with Crippen molar-refractivity contribution in [3.63, 3.8) is 0 Å². The summed E-state index contributed by atoms with van der Waals surface area (Å²) in [7, 11) is -3.67. The average Bonchev–Trinajstić information content (AvgIpc) is 2.26. The zero-order valence-corrected chi connectivity index (χ0v) is 11.0. The van der Waals surface area contributed by atoms with Gasteiger partial charge in [-0.2, -0.15) is 0 Å². The van der Waals surface area contributed by atoms with Crippen molar-refractivity contribution in [2.24, 2.45) is 5.92 Å². The maximum Gasteiger partial charge on any atom is 0.307 e. The first-order chi connectivity index (χ1) is 7.76. The van der Waals surface area contributed by atoms with Gasteiger partial charge in [-0.25, -0.2) is 8.42 Å². The van der Waals surface area contributed by atoms with E-state index in [2.05, 4.69) is 0 Å². The molecule has 0 heterocycles. The van der Waals surface area contributed by atoms with E-state index in [1.165, 1.54) is 32.0 Å². The highest BCUT2D eigenvalue weighted by atomic mass is 35.5. The van der Waals surface area contributed by atoms with Gasteiger partial charge in [-0.1, -0.05) is 24.6 Å². The number of hydrogen-bond acceptors (Lipinski definition) is 3. The molecular weight excluding hydrogens is 264 g/mol. The number of rotatable bonds is 4. The molecule has 0 saturated heterocycles. The Balaban J connectivity index is 3.16. The second-order valence-corrected chi connectivity index (χ2v) is 6.58. The molecule has 1 rings (SSSR count). The number of carbonyl (C=O) groups is 1. The average molecular weight is 277 g/mol. The quantitative estimate of drug-likeness (QED) is 0.915. The molecule has 2 atom stereocenters. The Morgan fingerprint density at radius 1 is 1.35 bits per heavy atom. The van der Waals surface area contributed by atoms with Crippen molar-refractivity contribution in [1.29, 1.82) is 0 Å². The fourth-order valence-corrected chi connectivity index (χ4v) is 3.23. The third-order valence-corrected chi connectivity index (χ3v) is 5.24. The van der Waals surface area contributed by atoms with Crippen LogP contribution in [0.2, 0.25) is 5.02 Å². The Bertz CT molecular complexity index is 524. The van der Waals surface area contributed by atoms with Crippen LogP contribution in [0.4, 0.5) is 0 Å². The molecule has 94 valence electrons. The molecule has 0 radical (unpaired) electrons. The first-order valence-corrected chi connectivity index (χ1v) is 6.91. The summed E-state index contributed by atoms with van der Waals surface area (Å²) in [6, 6.07) is 5.81. The molecule has 0 aromatic heterocycles. The van der Waals surface area contributed by atoms with E-state index in [4.69, 9.17) is 16.7 Å². The Hall–Kier alpha value is -1.07. The third kappa shape index (κ3) is 2.98. The van der Waals surface area contributed by atoms with Crippen molar-refractivity contribution < 1.29 is 18.3 Å². The highest BCUT2D eigenvalue weighted by molar-refractivity contribution is 7.92. The largest absolute Gasteiger partial charge is 0.481 e. The van der Waals surface area contributed by atoms with Crippen LogP contribution in [0, 0.1) is 5.92 Å². The minimum absolute atomic E-state index is 0.0469. The summed E-state index contributed by atoms with van der Waals surface area (Å²) in [4.78, 5) is 10.8. The molecule has 0 fully saturated rings. The van der Waals surface area contributed by atoms with Gasteiger partial charge in [-0.15, -0.1) is 0 Å². The minimum atomic E-state index is -3.67. The minimum Gasteiger partial charge on any atom is -0.481 e. The Labute approximate surface area is 105 Å². The van der Waals surface area contributed by atoms with Gasteiger partial charge in [0, 0.05) is 5.02 Å². The van der Waals surface area contributed by atoms with Crippen LogP contribution in [0.25, 0.3) is 0 Å². The number of hydrogen-bond donors (Lipinski definition) is 1. The van der Waals surface area contributed by atoms with Crippen molar-refractivity contribution in [1.82, 2.24) is 0 Å². The molecule has 0 aliphatic heterocycles. The van der Waals surface area contributed by atoms with Gasteiger partial charge >= 0.3 is 5.97 Å². The molecule has 2 unspecified atom stereocenters. The van der Waals surface area contributed by atoms with Crippen LogP contribution in [0.15, 0.2) is 29.2 Å². The van der Waals surface area contributed by atoms with Gasteiger partial charge in [0.25, 0.3) is 0 Å². The van der Waals surface area contributed by atoms with E-state index < -0.39 is 27.0 Å². The van der Waals surface area contributed by atoms with Gasteiger partial charge in [0.15, 0.2) is 9.84 Å². The van der Waals surface area contributed by atoms with Crippen LogP contribution in [0.1, 0.15) is 13.8 Å². The predicted molar refractivity (Wildman–Crippen MR) is 64.9 cm³/mol. The number of carboxylic acids is 1. The molecule has 17 heavy (non-hydrogen) atoms. The lowest BCUT2D eigenvalue weighted by atomic mass is 10.1. The van der Waals surface area contributed by atoms with Gasteiger partial charge in [0.05, 0.1) is 16.1 Å². The van der Waals surface area contributed by atoms with Crippen molar-refractivity contribution >= 4 is 27.4 Å². The number of sulfone groups is 1. The van der Waals surface area contributed by atoms with Gasteiger partial charge in [0.2, 0.25) is 0 Å². The van der Waals surface area contributed by atoms with E-state index in [0.29, 0.717) is 5.02 Å². The molecule has 1 aromatic carbocycles. The maximum atomic E-state index is 12.1. The molecule has 0 bridgehead atoms. The van der Waals surface area contributed by atoms with Crippen molar-refractivity contribution in [2.45, 2.75) is 24.0 Å². The summed E-state index contributed by atoms with van der Waals surface area (Å²) in [6.07, 6.45) is 0. The van der Waals surface area contributed by atoms with Crippen LogP contribution in [0.5, 0.6) is 0 Å². The molecule has 0 saturated carbocycles.